The van der Waals surface area contributed by atoms with Gasteiger partial charge in [0.25, 0.3) is 0 Å². The Bertz CT molecular complexity index is 1720. The molecular formula is C36H33Br3O8. The zero-order chi connectivity index (χ0) is 33.5. The van der Waals surface area contributed by atoms with Gasteiger partial charge in [0.05, 0.1) is 8.95 Å². The Morgan fingerprint density at radius 3 is 1.40 bits per heavy atom. The van der Waals surface area contributed by atoms with Gasteiger partial charge < -0.3 is 29.9 Å². The summed E-state index contributed by atoms with van der Waals surface area (Å²) in [5.41, 5.74) is 3.14. The van der Waals surface area contributed by atoms with Gasteiger partial charge in [0.15, 0.2) is 0 Å². The van der Waals surface area contributed by atoms with Crippen molar-refractivity contribution in [3.05, 3.63) is 152 Å². The normalized spacial score (nSPS) is 9.77. The fourth-order valence-corrected chi connectivity index (χ4v) is 4.87. The summed E-state index contributed by atoms with van der Waals surface area (Å²) in [4.78, 5) is 22.0. The molecule has 0 fully saturated rings. The number of halogens is 3. The van der Waals surface area contributed by atoms with Crippen LogP contribution in [-0.2, 0) is 18.5 Å². The molecule has 0 aliphatic rings. The lowest BCUT2D eigenvalue weighted by molar-refractivity contribution is 0.0681. The number of aromatic hydroxyl groups is 2. The number of aromatic carboxylic acids is 2. The van der Waals surface area contributed by atoms with Gasteiger partial charge in [-0.25, -0.2) is 9.59 Å². The number of phenols is 2. The van der Waals surface area contributed by atoms with Crippen molar-refractivity contribution in [3.8, 4) is 23.0 Å². The predicted molar refractivity (Wildman–Crippen MR) is 193 cm³/mol. The molecule has 4 N–H and O–H groups in total. The zero-order valence-electron chi connectivity index (χ0n) is 24.1. The maximum atomic E-state index is 11.5. The van der Waals surface area contributed by atoms with Gasteiger partial charge in [-0.05, 0) is 60.7 Å². The second kappa shape index (κ2) is 20.0. The smallest absolute Gasteiger partial charge is 0.339 e. The van der Waals surface area contributed by atoms with Crippen molar-refractivity contribution in [3.63, 3.8) is 0 Å². The molecule has 0 spiro atoms. The lowest BCUT2D eigenvalue weighted by Gasteiger charge is -2.14. The van der Waals surface area contributed by atoms with Crippen molar-refractivity contribution in [2.45, 2.75) is 26.0 Å². The van der Waals surface area contributed by atoms with Gasteiger partial charge in [-0.3, -0.25) is 0 Å². The maximum Gasteiger partial charge on any atom is 0.339 e. The molecular weight excluding hydrogens is 800 g/mol. The predicted octanol–water partition coefficient (Wildman–Crippen LogP) is 10.1. The van der Waals surface area contributed by atoms with E-state index in [1.165, 1.54) is 11.6 Å². The van der Waals surface area contributed by atoms with Crippen molar-refractivity contribution < 1.29 is 39.5 Å². The fraction of sp³-hybridized carbons (Fsp3) is 0.111. The molecule has 8 nitrogen and oxygen atoms in total. The van der Waals surface area contributed by atoms with Gasteiger partial charge in [0.1, 0.15) is 47.3 Å². The summed E-state index contributed by atoms with van der Waals surface area (Å²) >= 11 is 9.66. The third-order valence-corrected chi connectivity index (χ3v) is 7.93. The van der Waals surface area contributed by atoms with Crippen LogP contribution in [0.15, 0.2) is 124 Å². The van der Waals surface area contributed by atoms with Crippen molar-refractivity contribution in [1.29, 1.82) is 0 Å². The standard InChI is InChI=1S/C21H17BrO4.C7H5BrO4.C7H7Br.CH4/c22-18-11-17(21(23)24)19(25-13-15-7-3-1-4-8-15)12-20(18)26-14-16-9-5-2-6-10-16;8-4-1-3(7(11)12)5(9)2-6(4)10;8-6-7-4-2-1-3-5-7;/h1-12H,13-14H2,(H,23,24);1-2,9-10H,(H,11,12);1-5H,6H2;1H4. The molecule has 246 valence electrons. The first kappa shape index (κ1) is 38.9. The molecule has 11 heteroatoms. The van der Waals surface area contributed by atoms with E-state index in [2.05, 4.69) is 59.9 Å². The van der Waals surface area contributed by atoms with E-state index in [4.69, 9.17) is 24.8 Å². The number of phenolic OH excluding ortho intramolecular Hbond substituents is 1. The molecule has 0 unspecified atom stereocenters. The first-order valence-electron chi connectivity index (χ1n) is 13.5. The third-order valence-electron chi connectivity index (χ3n) is 6.03. The van der Waals surface area contributed by atoms with Crippen molar-refractivity contribution in [1.82, 2.24) is 0 Å². The van der Waals surface area contributed by atoms with E-state index < -0.39 is 17.7 Å². The summed E-state index contributed by atoms with van der Waals surface area (Å²) in [6.45, 7) is 0.658. The van der Waals surface area contributed by atoms with Crippen LogP contribution in [0.3, 0.4) is 0 Å². The Balaban J connectivity index is 0.000000301. The average Bonchev–Trinajstić information content (AvgIpc) is 3.06. The lowest BCUT2D eigenvalue weighted by atomic mass is 10.2. The molecule has 0 radical (unpaired) electrons. The number of alkyl halides is 1. The van der Waals surface area contributed by atoms with E-state index in [1.807, 2.05) is 78.9 Å². The molecule has 5 aromatic rings. The first-order valence-corrected chi connectivity index (χ1v) is 16.2. The Hall–Kier alpha value is -4.32. The summed E-state index contributed by atoms with van der Waals surface area (Å²) in [6, 6.07) is 34.8. The second-order valence-corrected chi connectivity index (χ2v) is 11.6. The van der Waals surface area contributed by atoms with Gasteiger partial charge in [-0.2, -0.15) is 0 Å². The summed E-state index contributed by atoms with van der Waals surface area (Å²) in [7, 11) is 0. The monoisotopic (exact) mass is 830 g/mol. The van der Waals surface area contributed by atoms with Gasteiger partial charge in [-0.1, -0.05) is 114 Å². The Morgan fingerprint density at radius 2 is 0.979 bits per heavy atom. The van der Waals surface area contributed by atoms with E-state index in [0.29, 0.717) is 16.8 Å². The van der Waals surface area contributed by atoms with Gasteiger partial charge in [0.2, 0.25) is 0 Å². The molecule has 0 aromatic heterocycles. The van der Waals surface area contributed by atoms with Crippen molar-refractivity contribution in [2.24, 2.45) is 0 Å². The van der Waals surface area contributed by atoms with Crippen molar-refractivity contribution >= 4 is 59.7 Å². The number of carboxylic acids is 2. The molecule has 0 aliphatic heterocycles. The van der Waals surface area contributed by atoms with Crippen LogP contribution in [0, 0.1) is 0 Å². The minimum absolute atomic E-state index is 0. The highest BCUT2D eigenvalue weighted by atomic mass is 79.9. The number of hydrogen-bond donors (Lipinski definition) is 4. The molecule has 0 heterocycles. The van der Waals surface area contributed by atoms with E-state index in [9.17, 15) is 14.7 Å². The molecule has 0 atom stereocenters. The Labute approximate surface area is 298 Å². The summed E-state index contributed by atoms with van der Waals surface area (Å²) in [5.74, 6) is -2.15. The number of benzene rings is 5. The van der Waals surface area contributed by atoms with Crippen LogP contribution < -0.4 is 9.47 Å². The highest BCUT2D eigenvalue weighted by Gasteiger charge is 2.17. The van der Waals surface area contributed by atoms with Crippen LogP contribution in [0.1, 0.15) is 44.8 Å². The topological polar surface area (TPSA) is 134 Å². The van der Waals surface area contributed by atoms with Crippen LogP contribution >= 0.6 is 47.8 Å². The largest absolute Gasteiger partial charge is 0.507 e. The number of ether oxygens (including phenoxy) is 2. The number of carboxylic acid groups (broad SMARTS) is 2. The van der Waals surface area contributed by atoms with Gasteiger partial charge >= 0.3 is 11.9 Å². The van der Waals surface area contributed by atoms with Gasteiger partial charge in [0, 0.05) is 17.5 Å². The van der Waals surface area contributed by atoms with E-state index >= 15 is 0 Å². The first-order chi connectivity index (χ1) is 22.1. The zero-order valence-corrected chi connectivity index (χ0v) is 28.9. The molecule has 5 rings (SSSR count). The number of rotatable bonds is 9. The molecule has 0 aliphatic carbocycles. The highest BCUT2D eigenvalue weighted by Crippen LogP contribution is 2.34. The molecule has 0 saturated carbocycles. The van der Waals surface area contributed by atoms with E-state index in [-0.39, 0.29) is 41.1 Å². The number of hydrogen-bond acceptors (Lipinski definition) is 6. The third kappa shape index (κ3) is 12.8. The minimum atomic E-state index is -1.24. The SMILES string of the molecule is BrCc1ccccc1.C.O=C(O)c1cc(Br)c(O)cc1O.O=C(O)c1cc(Br)c(OCc2ccccc2)cc1OCc1ccccc1. The quantitative estimate of drug-likeness (QED) is 0.108. The molecule has 5 aromatic carbocycles. The second-order valence-electron chi connectivity index (χ2n) is 9.38. The van der Waals surface area contributed by atoms with E-state index in [1.54, 1.807) is 6.07 Å². The molecule has 0 saturated heterocycles. The van der Waals surface area contributed by atoms with Crippen LogP contribution in [0.2, 0.25) is 0 Å². The van der Waals surface area contributed by atoms with Gasteiger partial charge in [-0.15, -0.1) is 0 Å². The minimum Gasteiger partial charge on any atom is -0.507 e. The van der Waals surface area contributed by atoms with Crippen LogP contribution in [-0.4, -0.2) is 32.4 Å². The summed E-state index contributed by atoms with van der Waals surface area (Å²) in [5, 5.41) is 36.9. The maximum absolute atomic E-state index is 11.5. The van der Waals surface area contributed by atoms with Crippen LogP contribution in [0.4, 0.5) is 0 Å². The number of carbonyl (C=O) groups is 2. The Morgan fingerprint density at radius 1 is 0.553 bits per heavy atom. The fourth-order valence-electron chi connectivity index (χ4n) is 3.69. The molecule has 0 amide bonds. The summed E-state index contributed by atoms with van der Waals surface area (Å²) < 4.78 is 12.4. The van der Waals surface area contributed by atoms with E-state index in [0.717, 1.165) is 28.6 Å². The van der Waals surface area contributed by atoms with Crippen LogP contribution in [0.5, 0.6) is 23.0 Å². The Kier molecular flexibility index (Phi) is 16.6. The molecule has 47 heavy (non-hydrogen) atoms. The van der Waals surface area contributed by atoms with Crippen LogP contribution in [0.25, 0.3) is 0 Å². The lowest BCUT2D eigenvalue weighted by Crippen LogP contribution is -2.05. The van der Waals surface area contributed by atoms with Crippen molar-refractivity contribution in [2.75, 3.05) is 0 Å². The summed E-state index contributed by atoms with van der Waals surface area (Å²) in [6.07, 6.45) is 0. The average molecular weight is 833 g/mol. The molecule has 0 bridgehead atoms. The highest BCUT2D eigenvalue weighted by molar-refractivity contribution is 9.11.